The number of carbonyl (C=O) groups excluding carboxylic acids is 4. The maximum atomic E-state index is 14.9. The van der Waals surface area contributed by atoms with Crippen molar-refractivity contribution < 1.29 is 19.2 Å². The van der Waals surface area contributed by atoms with Gasteiger partial charge >= 0.3 is 0 Å². The van der Waals surface area contributed by atoms with Crippen LogP contribution < -0.4 is 10.6 Å². The molecule has 5 rings (SSSR count). The number of ketones is 2. The molecule has 0 radical (unpaired) electrons. The molecule has 9 atom stereocenters. The van der Waals surface area contributed by atoms with Crippen LogP contribution in [0.5, 0.6) is 0 Å². The second-order valence-corrected chi connectivity index (χ2v) is 21.4. The summed E-state index contributed by atoms with van der Waals surface area (Å²) in [4.78, 5) is 55.6. The molecule has 7 heteroatoms. The average Bonchev–Trinajstić information content (AvgIpc) is 3.19. The largest absolute Gasteiger partial charge is 0.354 e. The number of fused-ring (bicyclic) bond motifs is 7. The number of carbonyl (C=O) groups is 4. The van der Waals surface area contributed by atoms with Crippen molar-refractivity contribution in [3.63, 3.8) is 0 Å². The summed E-state index contributed by atoms with van der Waals surface area (Å²) in [5.41, 5.74) is -1.88. The lowest BCUT2D eigenvalue weighted by molar-refractivity contribution is -0.234. The number of nitrogens with zero attached hydrogens (tertiary/aromatic N) is 1. The van der Waals surface area contributed by atoms with Gasteiger partial charge in [0.05, 0.1) is 11.5 Å². The smallest absolute Gasteiger partial charge is 0.226 e. The lowest BCUT2D eigenvalue weighted by Crippen LogP contribution is -2.70. The van der Waals surface area contributed by atoms with E-state index in [1.165, 1.54) is 0 Å². The summed E-state index contributed by atoms with van der Waals surface area (Å²) in [6.07, 6.45) is 35.9. The molecule has 5 aliphatic carbocycles. The predicted molar refractivity (Wildman–Crippen MR) is 243 cm³/mol. The second kappa shape index (κ2) is 19.7. The minimum Gasteiger partial charge on any atom is -0.354 e. The Labute approximate surface area is 363 Å². The molecule has 5 saturated carbocycles. The highest BCUT2D eigenvalue weighted by atomic mass is 16.2. The van der Waals surface area contributed by atoms with Gasteiger partial charge in [0.15, 0.2) is 5.78 Å². The third-order valence-electron chi connectivity index (χ3n) is 17.0. The first-order valence-electron chi connectivity index (χ1n) is 23.7. The van der Waals surface area contributed by atoms with E-state index >= 15 is 0 Å². The Kier molecular flexibility index (Phi) is 15.6. The molecule has 0 aromatic carbocycles. The number of hydrogen-bond donors (Lipinski definition) is 2. The van der Waals surface area contributed by atoms with Gasteiger partial charge < -0.3 is 10.6 Å². The fraction of sp³-hybridized carbons (Fsp3) is 0.717. The maximum absolute atomic E-state index is 14.9. The van der Waals surface area contributed by atoms with Crippen molar-refractivity contribution in [1.29, 1.82) is 5.26 Å². The Morgan fingerprint density at radius 3 is 1.92 bits per heavy atom. The molecule has 0 saturated heterocycles. The van der Waals surface area contributed by atoms with Gasteiger partial charge in [-0.05, 0) is 136 Å². The van der Waals surface area contributed by atoms with Crippen molar-refractivity contribution in [2.45, 2.75) is 165 Å². The highest BCUT2D eigenvalue weighted by Crippen LogP contribution is 2.76. The molecular weight excluding hydrogens is 743 g/mol. The van der Waals surface area contributed by atoms with Crippen LogP contribution in [0, 0.1) is 73.4 Å². The number of nitrogens with one attached hydrogen (secondary N) is 2. The highest BCUT2D eigenvalue weighted by Gasteiger charge is 2.73. The van der Waals surface area contributed by atoms with Crippen LogP contribution in [0.4, 0.5) is 0 Å². The lowest BCUT2D eigenvalue weighted by atomic mass is 9.31. The van der Waals surface area contributed by atoms with Gasteiger partial charge in [0.2, 0.25) is 11.8 Å². The van der Waals surface area contributed by atoms with E-state index in [0.717, 1.165) is 89.9 Å². The Morgan fingerprint density at radius 2 is 1.30 bits per heavy atom. The molecule has 5 aliphatic rings. The average molecular weight is 822 g/mol. The Balaban J connectivity index is 1.11. The zero-order chi connectivity index (χ0) is 43.8. The number of hydrogen-bond acceptors (Lipinski definition) is 5. The van der Waals surface area contributed by atoms with Crippen molar-refractivity contribution in [3.8, 4) is 6.07 Å². The van der Waals surface area contributed by atoms with E-state index in [0.29, 0.717) is 38.1 Å². The van der Waals surface area contributed by atoms with Gasteiger partial charge in [0.25, 0.3) is 0 Å². The molecule has 0 aliphatic heterocycles. The zero-order valence-corrected chi connectivity index (χ0v) is 38.7. The predicted octanol–water partition coefficient (Wildman–Crippen LogP) is 11.5. The molecule has 0 aromatic heterocycles. The first-order chi connectivity index (χ1) is 28.4. The summed E-state index contributed by atoms with van der Waals surface area (Å²) in [6, 6.07) is 2.36. The van der Waals surface area contributed by atoms with E-state index in [9.17, 15) is 24.4 Å². The van der Waals surface area contributed by atoms with Crippen LogP contribution in [0.25, 0.3) is 0 Å². The minimum atomic E-state index is -0.634. The van der Waals surface area contributed by atoms with Crippen molar-refractivity contribution in [2.24, 2.45) is 62.1 Å². The van der Waals surface area contributed by atoms with Gasteiger partial charge in [-0.1, -0.05) is 116 Å². The van der Waals surface area contributed by atoms with Crippen LogP contribution in [0.1, 0.15) is 165 Å². The Morgan fingerprint density at radius 1 is 0.717 bits per heavy atom. The van der Waals surface area contributed by atoms with E-state index in [4.69, 9.17) is 0 Å². The Hall–Kier alpha value is -3.53. The second-order valence-electron chi connectivity index (χ2n) is 21.4. The van der Waals surface area contributed by atoms with Crippen LogP contribution in [-0.4, -0.2) is 36.5 Å². The van der Waals surface area contributed by atoms with Gasteiger partial charge in [-0.3, -0.25) is 19.2 Å². The number of nitriles is 1. The molecule has 330 valence electrons. The number of allylic oxidation sites excluding steroid dienone is 10. The Bertz CT molecular complexity index is 1760. The van der Waals surface area contributed by atoms with E-state index in [1.54, 1.807) is 0 Å². The van der Waals surface area contributed by atoms with Crippen molar-refractivity contribution in [3.05, 3.63) is 60.8 Å². The number of amides is 2. The topological polar surface area (TPSA) is 116 Å². The first kappa shape index (κ1) is 47.5. The van der Waals surface area contributed by atoms with Gasteiger partial charge in [-0.2, -0.15) is 5.26 Å². The molecule has 0 heterocycles. The highest BCUT2D eigenvalue weighted by molar-refractivity contribution is 5.91. The normalized spacial score (nSPS) is 36.0. The summed E-state index contributed by atoms with van der Waals surface area (Å²) in [7, 11) is 0. The maximum Gasteiger partial charge on any atom is 0.226 e. The van der Waals surface area contributed by atoms with Gasteiger partial charge in [-0.15, -0.1) is 0 Å². The van der Waals surface area contributed by atoms with Crippen LogP contribution in [0.15, 0.2) is 60.8 Å². The molecule has 0 spiro atoms. The number of rotatable bonds is 17. The molecule has 60 heavy (non-hydrogen) atoms. The summed E-state index contributed by atoms with van der Waals surface area (Å²) in [5.74, 6) is -0.231. The summed E-state index contributed by atoms with van der Waals surface area (Å²) in [6.45, 7) is 18.7. The fourth-order valence-electron chi connectivity index (χ4n) is 13.6. The minimum absolute atomic E-state index is 0.00585. The molecular formula is C53H79N3O4. The SMILES string of the molecule is CCC=CCC=CCC=CCC=CCC=CCCCC(=O)NCCNC(=O)[C@]12CCC(C)(C)C[C@H]1[C@H]1C(=O)CC3[C@]4(C)CC(C#N)C(=O)C(C)(C)[C@@H]4CC[C@]3(C)[C@]1(C)CC2. The van der Waals surface area contributed by atoms with Crippen LogP contribution >= 0.6 is 0 Å². The van der Waals surface area contributed by atoms with Crippen molar-refractivity contribution >= 4 is 23.4 Å². The summed E-state index contributed by atoms with van der Waals surface area (Å²) < 4.78 is 0. The van der Waals surface area contributed by atoms with Crippen LogP contribution in [-0.2, 0) is 19.2 Å². The van der Waals surface area contributed by atoms with Crippen LogP contribution in [0.2, 0.25) is 0 Å². The van der Waals surface area contributed by atoms with E-state index in [-0.39, 0.29) is 62.9 Å². The molecule has 0 bridgehead atoms. The van der Waals surface area contributed by atoms with Crippen molar-refractivity contribution in [1.82, 2.24) is 10.6 Å². The standard InChI is InChI=1S/C53H79N3O4/c1-9-10-11-12-13-14-15-16-17-18-19-20-21-22-23-24-25-26-44(58)55-33-34-56-47(60)53-31-29-48(2,3)37-40(53)45-41(57)35-43-50(6)36-39(38-54)46(59)49(4,5)42(50)27-28-51(43,7)52(45,8)30-32-53/h10-11,13-14,16-17,19-20,22-23,39-40,42-43,45H,9,12,15,18,21,24-37H2,1-8H3,(H,55,58)(H,56,60)/t39?,40-,42-,43?,45-,50+,51-,52+,53-/m0/s1. The third-order valence-corrected chi connectivity index (χ3v) is 17.0. The monoisotopic (exact) mass is 822 g/mol. The summed E-state index contributed by atoms with van der Waals surface area (Å²) in [5, 5.41) is 16.4. The lowest BCUT2D eigenvalue weighted by Gasteiger charge is -2.72. The molecule has 0 aromatic rings. The van der Waals surface area contributed by atoms with E-state index < -0.39 is 16.7 Å². The molecule has 2 unspecified atom stereocenters. The quantitative estimate of drug-likeness (QED) is 0.112. The summed E-state index contributed by atoms with van der Waals surface area (Å²) >= 11 is 0. The molecule has 7 nitrogen and oxygen atoms in total. The van der Waals surface area contributed by atoms with Gasteiger partial charge in [0, 0.05) is 37.3 Å². The fourth-order valence-corrected chi connectivity index (χ4v) is 13.6. The first-order valence-corrected chi connectivity index (χ1v) is 23.7. The number of unbranched alkanes of at least 4 members (excludes halogenated alkanes) is 1. The molecule has 5 fully saturated rings. The van der Waals surface area contributed by atoms with E-state index in [1.807, 2.05) is 13.8 Å². The van der Waals surface area contributed by atoms with Gasteiger partial charge in [0.1, 0.15) is 11.7 Å². The zero-order valence-electron chi connectivity index (χ0n) is 38.7. The van der Waals surface area contributed by atoms with Crippen molar-refractivity contribution in [2.75, 3.05) is 13.1 Å². The third kappa shape index (κ3) is 9.58. The van der Waals surface area contributed by atoms with E-state index in [2.05, 4.69) is 119 Å². The number of Topliss-reactive ketones (excluding diaryl/α,β-unsaturated/α-hetero) is 2. The van der Waals surface area contributed by atoms with Crippen LogP contribution in [0.3, 0.4) is 0 Å². The van der Waals surface area contributed by atoms with Gasteiger partial charge in [-0.25, -0.2) is 0 Å². The molecule has 2 amide bonds. The molecule has 2 N–H and O–H groups in total.